The molecule has 0 fully saturated rings. The van der Waals surface area contributed by atoms with E-state index < -0.39 is 0 Å². The van der Waals surface area contributed by atoms with Gasteiger partial charge in [-0.3, -0.25) is 4.98 Å². The molecule has 102 valence electrons. The second-order valence-electron chi connectivity index (χ2n) is 4.26. The highest BCUT2D eigenvalue weighted by molar-refractivity contribution is 9.10. The third-order valence-corrected chi connectivity index (χ3v) is 3.34. The molecule has 0 unspecified atom stereocenters. The first-order valence-electron chi connectivity index (χ1n) is 6.07. The number of nitrogens with one attached hydrogen (secondary N) is 1. The number of pyridine rings is 1. The Kier molecular flexibility index (Phi) is 3.51. The number of anilines is 2. The maximum atomic E-state index is 5.98. The van der Waals surface area contributed by atoms with Gasteiger partial charge in [0.05, 0.1) is 11.2 Å². The van der Waals surface area contributed by atoms with Crippen molar-refractivity contribution in [1.82, 2.24) is 15.1 Å². The second-order valence-corrected chi connectivity index (χ2v) is 5.18. The fourth-order valence-electron chi connectivity index (χ4n) is 1.97. The second kappa shape index (κ2) is 5.46. The molecule has 3 aromatic rings. The van der Waals surface area contributed by atoms with Crippen LogP contribution in [-0.2, 0) is 6.42 Å². The summed E-state index contributed by atoms with van der Waals surface area (Å²) in [6, 6.07) is 5.75. The Morgan fingerprint density at radius 2 is 2.20 bits per heavy atom. The van der Waals surface area contributed by atoms with E-state index in [1.54, 1.807) is 6.20 Å². The SMILES string of the molecule is Nc1ccc(NCCc2ncno2)c2ncc(Br)cc12. The van der Waals surface area contributed by atoms with E-state index in [1.807, 2.05) is 18.2 Å². The van der Waals surface area contributed by atoms with Gasteiger partial charge in [-0.25, -0.2) is 0 Å². The lowest BCUT2D eigenvalue weighted by Crippen LogP contribution is -2.06. The number of benzene rings is 1. The zero-order chi connectivity index (χ0) is 13.9. The van der Waals surface area contributed by atoms with Crippen molar-refractivity contribution in [2.45, 2.75) is 6.42 Å². The van der Waals surface area contributed by atoms with E-state index in [0.717, 1.165) is 21.1 Å². The molecule has 0 spiro atoms. The molecule has 0 aliphatic rings. The van der Waals surface area contributed by atoms with Crippen LogP contribution in [0.2, 0.25) is 0 Å². The third kappa shape index (κ3) is 2.57. The number of halogens is 1. The largest absolute Gasteiger partial charge is 0.398 e. The van der Waals surface area contributed by atoms with Crippen LogP contribution in [0.15, 0.2) is 39.7 Å². The summed E-state index contributed by atoms with van der Waals surface area (Å²) in [5, 5.41) is 7.80. The van der Waals surface area contributed by atoms with E-state index in [-0.39, 0.29) is 0 Å². The summed E-state index contributed by atoms with van der Waals surface area (Å²) in [5.41, 5.74) is 8.46. The highest BCUT2D eigenvalue weighted by atomic mass is 79.9. The van der Waals surface area contributed by atoms with Crippen molar-refractivity contribution in [1.29, 1.82) is 0 Å². The molecule has 1 aromatic carbocycles. The lowest BCUT2D eigenvalue weighted by atomic mass is 10.1. The molecule has 20 heavy (non-hydrogen) atoms. The molecule has 0 radical (unpaired) electrons. The van der Waals surface area contributed by atoms with Crippen LogP contribution in [0.25, 0.3) is 10.9 Å². The number of rotatable bonds is 4. The highest BCUT2D eigenvalue weighted by Gasteiger charge is 2.07. The van der Waals surface area contributed by atoms with Crippen LogP contribution in [0.5, 0.6) is 0 Å². The van der Waals surface area contributed by atoms with Gasteiger partial charge in [0, 0.05) is 34.7 Å². The highest BCUT2D eigenvalue weighted by Crippen LogP contribution is 2.28. The quantitative estimate of drug-likeness (QED) is 0.713. The van der Waals surface area contributed by atoms with Crippen molar-refractivity contribution >= 4 is 38.2 Å². The topological polar surface area (TPSA) is 89.9 Å². The summed E-state index contributed by atoms with van der Waals surface area (Å²) >= 11 is 3.40. The maximum Gasteiger partial charge on any atom is 0.228 e. The predicted molar refractivity (Wildman–Crippen MR) is 80.3 cm³/mol. The Labute approximate surface area is 123 Å². The summed E-state index contributed by atoms with van der Waals surface area (Å²) in [6.07, 6.45) is 3.81. The van der Waals surface area contributed by atoms with Gasteiger partial charge in [0.2, 0.25) is 5.89 Å². The van der Waals surface area contributed by atoms with E-state index in [0.29, 0.717) is 24.5 Å². The lowest BCUT2D eigenvalue weighted by molar-refractivity contribution is 0.380. The van der Waals surface area contributed by atoms with Gasteiger partial charge in [0.25, 0.3) is 0 Å². The number of nitrogens with zero attached hydrogens (tertiary/aromatic N) is 3. The molecular weight excluding hydrogens is 322 g/mol. The fourth-order valence-corrected chi connectivity index (χ4v) is 2.30. The summed E-state index contributed by atoms with van der Waals surface area (Å²) < 4.78 is 5.85. The molecule has 0 atom stereocenters. The molecule has 6 nitrogen and oxygen atoms in total. The molecule has 0 amide bonds. The molecule has 0 aliphatic carbocycles. The van der Waals surface area contributed by atoms with Gasteiger partial charge in [-0.1, -0.05) is 5.16 Å². The zero-order valence-corrected chi connectivity index (χ0v) is 12.1. The number of fused-ring (bicyclic) bond motifs is 1. The molecule has 0 saturated carbocycles. The van der Waals surface area contributed by atoms with E-state index in [1.165, 1.54) is 6.33 Å². The smallest absolute Gasteiger partial charge is 0.228 e. The third-order valence-electron chi connectivity index (χ3n) is 2.91. The number of nitrogens with two attached hydrogens (primary N) is 1. The van der Waals surface area contributed by atoms with E-state index >= 15 is 0 Å². The van der Waals surface area contributed by atoms with Crippen molar-refractivity contribution in [2.75, 3.05) is 17.6 Å². The van der Waals surface area contributed by atoms with Crippen LogP contribution in [-0.4, -0.2) is 21.7 Å². The minimum absolute atomic E-state index is 0.605. The molecular formula is C13H12BrN5O. The Balaban J connectivity index is 1.82. The predicted octanol–water partition coefficient (Wildman–Crippen LogP) is 2.62. The van der Waals surface area contributed by atoms with Crippen LogP contribution >= 0.6 is 15.9 Å². The Morgan fingerprint density at radius 3 is 3.00 bits per heavy atom. The van der Waals surface area contributed by atoms with Crippen molar-refractivity contribution in [2.24, 2.45) is 0 Å². The number of nitrogen functional groups attached to an aromatic ring is 1. The molecule has 2 aromatic heterocycles. The van der Waals surface area contributed by atoms with E-state index in [4.69, 9.17) is 10.3 Å². The number of aromatic nitrogens is 3. The first-order chi connectivity index (χ1) is 9.74. The lowest BCUT2D eigenvalue weighted by Gasteiger charge is -2.10. The molecule has 3 N–H and O–H groups in total. The molecule has 2 heterocycles. The van der Waals surface area contributed by atoms with E-state index in [9.17, 15) is 0 Å². The van der Waals surface area contributed by atoms with Crippen molar-refractivity contribution in [3.8, 4) is 0 Å². The average molecular weight is 334 g/mol. The first kappa shape index (κ1) is 12.9. The molecule has 0 saturated heterocycles. The molecule has 7 heteroatoms. The molecule has 3 rings (SSSR count). The molecule has 0 aliphatic heterocycles. The van der Waals surface area contributed by atoms with Crippen molar-refractivity contribution in [3.05, 3.63) is 41.1 Å². The molecule has 0 bridgehead atoms. The summed E-state index contributed by atoms with van der Waals surface area (Å²) in [5.74, 6) is 0.605. The maximum absolute atomic E-state index is 5.98. The minimum atomic E-state index is 0.605. The number of hydrogen-bond donors (Lipinski definition) is 2. The minimum Gasteiger partial charge on any atom is -0.398 e. The van der Waals surface area contributed by atoms with Gasteiger partial charge in [-0.2, -0.15) is 4.98 Å². The first-order valence-corrected chi connectivity index (χ1v) is 6.86. The van der Waals surface area contributed by atoms with Crippen molar-refractivity contribution in [3.63, 3.8) is 0 Å². The summed E-state index contributed by atoms with van der Waals surface area (Å²) in [4.78, 5) is 8.39. The van der Waals surface area contributed by atoms with Gasteiger partial charge < -0.3 is 15.6 Å². The van der Waals surface area contributed by atoms with Gasteiger partial charge >= 0.3 is 0 Å². The van der Waals surface area contributed by atoms with Gasteiger partial charge in [0.1, 0.15) is 0 Å². The summed E-state index contributed by atoms with van der Waals surface area (Å²) in [7, 11) is 0. The van der Waals surface area contributed by atoms with E-state index in [2.05, 4.69) is 36.4 Å². The monoisotopic (exact) mass is 333 g/mol. The average Bonchev–Trinajstić information content (AvgIpc) is 2.95. The van der Waals surface area contributed by atoms with Crippen molar-refractivity contribution < 1.29 is 4.52 Å². The normalized spacial score (nSPS) is 10.8. The van der Waals surface area contributed by atoms with Crippen LogP contribution in [0.1, 0.15) is 5.89 Å². The van der Waals surface area contributed by atoms with Crippen LogP contribution in [0, 0.1) is 0 Å². The van der Waals surface area contributed by atoms with Gasteiger partial charge in [0.15, 0.2) is 6.33 Å². The Morgan fingerprint density at radius 1 is 1.30 bits per heavy atom. The van der Waals surface area contributed by atoms with Crippen LogP contribution in [0.3, 0.4) is 0 Å². The Bertz CT molecular complexity index is 729. The zero-order valence-electron chi connectivity index (χ0n) is 10.5. The standard InChI is InChI=1S/C13H12BrN5O/c14-8-5-9-10(15)1-2-11(13(9)17-6-8)16-4-3-12-18-7-19-20-12/h1-2,5-7,16H,3-4,15H2. The van der Waals surface area contributed by atoms with Gasteiger partial charge in [-0.05, 0) is 34.1 Å². The fraction of sp³-hybridized carbons (Fsp3) is 0.154. The Hall–Kier alpha value is -2.15. The summed E-state index contributed by atoms with van der Waals surface area (Å²) in [6.45, 7) is 0.680. The van der Waals surface area contributed by atoms with Gasteiger partial charge in [-0.15, -0.1) is 0 Å². The number of hydrogen-bond acceptors (Lipinski definition) is 6. The van der Waals surface area contributed by atoms with Crippen LogP contribution in [0.4, 0.5) is 11.4 Å². The van der Waals surface area contributed by atoms with Crippen LogP contribution < -0.4 is 11.1 Å².